The molecule has 0 saturated heterocycles. The zero-order chi connectivity index (χ0) is 43.5. The van der Waals surface area contributed by atoms with Crippen molar-refractivity contribution in [3.63, 3.8) is 0 Å². The van der Waals surface area contributed by atoms with Crippen LogP contribution in [0.15, 0.2) is 60.8 Å². The first-order valence-electron chi connectivity index (χ1n) is 23.9. The minimum absolute atomic E-state index is 0.0320. The Labute approximate surface area is 362 Å². The molecule has 0 bridgehead atoms. The second-order valence-electron chi connectivity index (χ2n) is 17.1. The highest BCUT2D eigenvalue weighted by Crippen LogP contribution is 2.15. The summed E-state index contributed by atoms with van der Waals surface area (Å²) >= 11 is 0. The van der Waals surface area contributed by atoms with E-state index in [-0.39, 0.29) is 42.7 Å². The maximum absolute atomic E-state index is 12.8. The first-order valence-corrected chi connectivity index (χ1v) is 23.9. The number of unbranched alkanes of at least 4 members (excludes halogenated alkanes) is 22. The van der Waals surface area contributed by atoms with Crippen molar-refractivity contribution in [1.29, 1.82) is 0 Å². The van der Waals surface area contributed by atoms with Gasteiger partial charge in [-0.05, 0) is 32.1 Å². The smallest absolute Gasteiger partial charge is 0.306 e. The summed E-state index contributed by atoms with van der Waals surface area (Å²) in [5, 5.41) is 11.6. The summed E-state index contributed by atoms with van der Waals surface area (Å²) in [4.78, 5) is 36.9. The van der Waals surface area contributed by atoms with Crippen LogP contribution in [0, 0.1) is 0 Å². The van der Waals surface area contributed by atoms with Crippen LogP contribution < -0.4 is 5.11 Å². The number of hydrogen-bond donors (Lipinski definition) is 0. The molecule has 0 N–H and O–H groups in total. The molecule has 0 rings (SSSR count). The zero-order valence-electron chi connectivity index (χ0n) is 38.7. The molecule has 0 fully saturated rings. The van der Waals surface area contributed by atoms with Gasteiger partial charge in [-0.25, -0.2) is 0 Å². The highest BCUT2D eigenvalue weighted by molar-refractivity contribution is 5.70. The molecule has 0 radical (unpaired) electrons. The second kappa shape index (κ2) is 41.8. The molecule has 8 heteroatoms. The van der Waals surface area contributed by atoms with Crippen molar-refractivity contribution in [3.05, 3.63) is 60.8 Å². The molecule has 0 saturated carbocycles. The molecule has 0 aliphatic carbocycles. The van der Waals surface area contributed by atoms with Crippen molar-refractivity contribution >= 4 is 17.9 Å². The predicted octanol–water partition coefficient (Wildman–Crippen LogP) is 12.0. The molecule has 0 aliphatic heterocycles. The van der Waals surface area contributed by atoms with Crippen LogP contribution in [0.5, 0.6) is 0 Å². The number of carbonyl (C=O) groups excluding carboxylic acids is 3. The highest BCUT2D eigenvalue weighted by atomic mass is 16.6. The SMILES string of the molecule is CCC/C=C/C=C/C=C/C=C/C=C/CCCCCCCC(=O)OCC(COCCC(C(=O)[O-])[N+](C)(C)C)OC(=O)CCCCCCCCCCCCCCCCCCC. The van der Waals surface area contributed by atoms with E-state index in [2.05, 4.69) is 38.2 Å². The summed E-state index contributed by atoms with van der Waals surface area (Å²) in [6.07, 6.45) is 50.9. The van der Waals surface area contributed by atoms with Crippen LogP contribution in [0.25, 0.3) is 0 Å². The minimum atomic E-state index is -1.13. The van der Waals surface area contributed by atoms with Crippen molar-refractivity contribution in [3.8, 4) is 0 Å². The van der Waals surface area contributed by atoms with Crippen LogP contribution in [-0.4, -0.2) is 75.5 Å². The Morgan fingerprint density at radius 3 is 1.39 bits per heavy atom. The van der Waals surface area contributed by atoms with E-state index in [1.54, 1.807) is 21.1 Å². The van der Waals surface area contributed by atoms with Gasteiger partial charge >= 0.3 is 11.9 Å². The van der Waals surface area contributed by atoms with Gasteiger partial charge < -0.3 is 28.6 Å². The summed E-state index contributed by atoms with van der Waals surface area (Å²) in [5.74, 6) is -1.76. The topological polar surface area (TPSA) is 102 Å². The summed E-state index contributed by atoms with van der Waals surface area (Å²) in [6, 6.07) is -0.731. The molecule has 0 heterocycles. The summed E-state index contributed by atoms with van der Waals surface area (Å²) in [5.41, 5.74) is 0. The van der Waals surface area contributed by atoms with Gasteiger partial charge in [-0.1, -0.05) is 203 Å². The molecule has 0 spiro atoms. The molecule has 0 aromatic carbocycles. The van der Waals surface area contributed by atoms with Crippen LogP contribution in [0.1, 0.15) is 194 Å². The average Bonchev–Trinajstić information content (AvgIpc) is 3.19. The molecular formula is C51H89NO7. The van der Waals surface area contributed by atoms with Crippen LogP contribution in [0.3, 0.4) is 0 Å². The lowest BCUT2D eigenvalue weighted by molar-refractivity contribution is -0.889. The van der Waals surface area contributed by atoms with Crippen LogP contribution in [0.2, 0.25) is 0 Å². The molecule has 8 nitrogen and oxygen atoms in total. The largest absolute Gasteiger partial charge is 0.544 e. The van der Waals surface area contributed by atoms with E-state index in [1.165, 1.54) is 96.3 Å². The Morgan fingerprint density at radius 1 is 0.508 bits per heavy atom. The van der Waals surface area contributed by atoms with E-state index in [9.17, 15) is 19.5 Å². The predicted molar refractivity (Wildman–Crippen MR) is 245 cm³/mol. The number of likely N-dealkylation sites (N-methyl/N-ethyl adjacent to an activating group) is 1. The molecule has 2 unspecified atom stereocenters. The third-order valence-electron chi connectivity index (χ3n) is 10.5. The van der Waals surface area contributed by atoms with Crippen molar-refractivity contribution < 1.29 is 38.2 Å². The van der Waals surface area contributed by atoms with Gasteiger partial charge in [0.2, 0.25) is 0 Å². The van der Waals surface area contributed by atoms with Gasteiger partial charge in [0.1, 0.15) is 12.6 Å². The first kappa shape index (κ1) is 56.0. The lowest BCUT2D eigenvalue weighted by atomic mass is 10.0. The van der Waals surface area contributed by atoms with Crippen LogP contribution in [-0.2, 0) is 28.6 Å². The molecule has 0 aromatic heterocycles. The normalized spacial score (nSPS) is 13.4. The Hall–Kier alpha value is -2.97. The third-order valence-corrected chi connectivity index (χ3v) is 10.5. The summed E-state index contributed by atoms with van der Waals surface area (Å²) in [7, 11) is 5.40. The van der Waals surface area contributed by atoms with E-state index >= 15 is 0 Å². The standard InChI is InChI=1S/C51H89NO7/c1-6-8-10-12-14-16-18-20-22-24-26-27-29-31-33-35-37-39-41-49(53)58-46-47(45-57-44-43-48(51(55)56)52(3,4)5)59-50(54)42-40-38-36-34-32-30-28-25-23-21-19-17-15-13-11-9-7-2/h10,12,14,16,18,20,22,24,26-27,47-48H,6-9,11,13,15,17,19,21,23,25,28-46H2,1-5H3/b12-10+,16-14+,20-18+,24-22+,27-26+. The fourth-order valence-corrected chi connectivity index (χ4v) is 6.81. The highest BCUT2D eigenvalue weighted by Gasteiger charge is 2.25. The Kier molecular flexibility index (Phi) is 39.6. The van der Waals surface area contributed by atoms with E-state index in [0.717, 1.165) is 64.2 Å². The molecule has 340 valence electrons. The van der Waals surface area contributed by atoms with Gasteiger partial charge in [0.05, 0.1) is 40.3 Å². The first-order chi connectivity index (χ1) is 28.6. The van der Waals surface area contributed by atoms with Crippen molar-refractivity contribution in [2.75, 3.05) is 41.0 Å². The van der Waals surface area contributed by atoms with E-state index in [4.69, 9.17) is 14.2 Å². The van der Waals surface area contributed by atoms with Crippen molar-refractivity contribution in [1.82, 2.24) is 0 Å². The number of aliphatic carboxylic acids is 1. The lowest BCUT2D eigenvalue weighted by Gasteiger charge is -2.34. The van der Waals surface area contributed by atoms with Gasteiger partial charge in [-0.3, -0.25) is 9.59 Å². The number of hydrogen-bond acceptors (Lipinski definition) is 7. The maximum Gasteiger partial charge on any atom is 0.306 e. The number of allylic oxidation sites excluding steroid dienone is 10. The fraction of sp³-hybridized carbons (Fsp3) is 0.745. The van der Waals surface area contributed by atoms with Gasteiger partial charge in [-0.15, -0.1) is 0 Å². The van der Waals surface area contributed by atoms with Crippen molar-refractivity contribution in [2.45, 2.75) is 206 Å². The monoisotopic (exact) mass is 828 g/mol. The number of carboxylic acid groups (broad SMARTS) is 1. The molecule has 0 aliphatic rings. The molecule has 2 atom stereocenters. The fourth-order valence-electron chi connectivity index (χ4n) is 6.81. The summed E-state index contributed by atoms with van der Waals surface area (Å²) in [6.45, 7) is 4.56. The number of nitrogens with zero attached hydrogens (tertiary/aromatic N) is 1. The molecule has 0 amide bonds. The van der Waals surface area contributed by atoms with E-state index < -0.39 is 18.1 Å². The number of rotatable bonds is 42. The number of carboxylic acids is 1. The quantitative estimate of drug-likeness (QED) is 0.0261. The van der Waals surface area contributed by atoms with E-state index in [0.29, 0.717) is 12.8 Å². The maximum atomic E-state index is 12.8. The average molecular weight is 828 g/mol. The number of ether oxygens (including phenoxy) is 3. The zero-order valence-corrected chi connectivity index (χ0v) is 38.7. The Morgan fingerprint density at radius 2 is 0.932 bits per heavy atom. The number of carbonyl (C=O) groups is 3. The summed E-state index contributed by atoms with van der Waals surface area (Å²) < 4.78 is 17.2. The molecule has 0 aromatic rings. The lowest BCUT2D eigenvalue weighted by Crippen LogP contribution is -2.55. The van der Waals surface area contributed by atoms with Gasteiger partial charge in [-0.2, -0.15) is 0 Å². The Bertz CT molecular complexity index is 1150. The van der Waals surface area contributed by atoms with Gasteiger partial charge in [0, 0.05) is 19.3 Å². The number of quaternary nitrogens is 1. The second-order valence-corrected chi connectivity index (χ2v) is 17.1. The Balaban J connectivity index is 4.35. The van der Waals surface area contributed by atoms with Gasteiger partial charge in [0.25, 0.3) is 0 Å². The van der Waals surface area contributed by atoms with E-state index in [1.807, 2.05) is 36.5 Å². The van der Waals surface area contributed by atoms with Crippen LogP contribution >= 0.6 is 0 Å². The third kappa shape index (κ3) is 40.2. The molecular weight excluding hydrogens is 739 g/mol. The van der Waals surface area contributed by atoms with Crippen LogP contribution in [0.4, 0.5) is 0 Å². The molecule has 59 heavy (non-hydrogen) atoms. The minimum Gasteiger partial charge on any atom is -0.544 e. The van der Waals surface area contributed by atoms with Gasteiger partial charge in [0.15, 0.2) is 6.10 Å². The number of esters is 2. The van der Waals surface area contributed by atoms with Crippen molar-refractivity contribution in [2.24, 2.45) is 0 Å².